The molecule has 0 aliphatic rings. The maximum absolute atomic E-state index is 12.5. The molecule has 3 aromatic rings. The maximum atomic E-state index is 12.5. The smallest absolute Gasteiger partial charge is 0.265 e. The summed E-state index contributed by atoms with van der Waals surface area (Å²) in [4.78, 5) is 25.4. The van der Waals surface area contributed by atoms with Crippen molar-refractivity contribution >= 4 is 28.7 Å². The van der Waals surface area contributed by atoms with Gasteiger partial charge in [-0.25, -0.2) is 0 Å². The highest BCUT2D eigenvalue weighted by molar-refractivity contribution is 6.01. The molecule has 0 bridgehead atoms. The van der Waals surface area contributed by atoms with E-state index in [2.05, 4.69) is 0 Å². The first-order chi connectivity index (χ1) is 12.7. The molecule has 0 heterocycles. The summed E-state index contributed by atoms with van der Waals surface area (Å²) in [5, 5.41) is 10.7. The molecule has 0 spiro atoms. The highest BCUT2D eigenvalue weighted by atomic mass is 16.5. The molecule has 0 unspecified atom stereocenters. The van der Waals surface area contributed by atoms with Crippen molar-refractivity contribution in [2.45, 2.75) is 0 Å². The van der Waals surface area contributed by atoms with Crippen molar-refractivity contribution in [3.8, 4) is 11.8 Å². The van der Waals surface area contributed by atoms with Gasteiger partial charge in [-0.3, -0.25) is 14.5 Å². The number of fused-ring (bicyclic) bond motifs is 1. The number of hydrogen-bond acceptors (Lipinski definition) is 4. The topological polar surface area (TPSA) is 70.4 Å². The number of ether oxygens (including phenoxy) is 1. The summed E-state index contributed by atoms with van der Waals surface area (Å²) >= 11 is 0. The summed E-state index contributed by atoms with van der Waals surface area (Å²) in [6, 6.07) is 21.9. The molecule has 0 fully saturated rings. The molecule has 0 saturated carbocycles. The fraction of sp³-hybridized carbons (Fsp3) is 0.0952. The van der Waals surface area contributed by atoms with Crippen LogP contribution in [0.5, 0.6) is 5.75 Å². The van der Waals surface area contributed by atoms with Gasteiger partial charge in [0.1, 0.15) is 12.3 Å². The summed E-state index contributed by atoms with van der Waals surface area (Å²) in [5.41, 5.74) is 1.03. The molecular formula is C21H16N2O3. The normalized spacial score (nSPS) is 10.1. The molecule has 3 rings (SSSR count). The van der Waals surface area contributed by atoms with Gasteiger partial charge in [0.05, 0.1) is 11.6 Å². The number of aldehydes is 1. The molecule has 0 aromatic heterocycles. The zero-order chi connectivity index (χ0) is 18.4. The Morgan fingerprint density at radius 3 is 2.50 bits per heavy atom. The van der Waals surface area contributed by atoms with E-state index in [-0.39, 0.29) is 19.1 Å². The van der Waals surface area contributed by atoms with E-state index in [1.807, 2.05) is 42.5 Å². The van der Waals surface area contributed by atoms with Crippen molar-refractivity contribution in [1.29, 1.82) is 5.26 Å². The van der Waals surface area contributed by atoms with Crippen LogP contribution in [0.25, 0.3) is 10.8 Å². The predicted molar refractivity (Wildman–Crippen MR) is 99.2 cm³/mol. The first kappa shape index (κ1) is 17.2. The monoisotopic (exact) mass is 344 g/mol. The lowest BCUT2D eigenvalue weighted by Gasteiger charge is -2.20. The van der Waals surface area contributed by atoms with Crippen LogP contribution < -0.4 is 9.64 Å². The van der Waals surface area contributed by atoms with Crippen LogP contribution in [0.15, 0.2) is 66.7 Å². The van der Waals surface area contributed by atoms with Crippen molar-refractivity contribution < 1.29 is 14.3 Å². The van der Waals surface area contributed by atoms with Gasteiger partial charge in [0.15, 0.2) is 12.9 Å². The van der Waals surface area contributed by atoms with E-state index in [9.17, 15) is 9.59 Å². The molecule has 0 radical (unpaired) electrons. The van der Waals surface area contributed by atoms with Crippen molar-refractivity contribution in [2.24, 2.45) is 0 Å². The minimum absolute atomic E-state index is 0.0789. The van der Waals surface area contributed by atoms with Crippen LogP contribution >= 0.6 is 0 Å². The lowest BCUT2D eigenvalue weighted by Crippen LogP contribution is -2.35. The third kappa shape index (κ3) is 3.55. The third-order valence-electron chi connectivity index (χ3n) is 4.00. The van der Waals surface area contributed by atoms with Crippen LogP contribution in [0.4, 0.5) is 5.69 Å². The van der Waals surface area contributed by atoms with Crippen LogP contribution in [0.1, 0.15) is 10.4 Å². The Balaban J connectivity index is 1.81. The van der Waals surface area contributed by atoms with Crippen LogP contribution in [0, 0.1) is 11.3 Å². The van der Waals surface area contributed by atoms with Crippen LogP contribution in [-0.4, -0.2) is 25.3 Å². The van der Waals surface area contributed by atoms with Gasteiger partial charge in [-0.1, -0.05) is 48.5 Å². The van der Waals surface area contributed by atoms with E-state index in [1.165, 1.54) is 4.90 Å². The Morgan fingerprint density at radius 2 is 1.77 bits per heavy atom. The van der Waals surface area contributed by atoms with E-state index in [0.717, 1.165) is 17.1 Å². The van der Waals surface area contributed by atoms with Gasteiger partial charge in [-0.15, -0.1) is 0 Å². The minimum atomic E-state index is -0.359. The number of para-hydroxylation sites is 1. The largest absolute Gasteiger partial charge is 0.483 e. The van der Waals surface area contributed by atoms with Gasteiger partial charge in [0.25, 0.3) is 5.91 Å². The summed E-state index contributed by atoms with van der Waals surface area (Å²) in [6.07, 6.45) is 0.729. The molecule has 0 N–H and O–H groups in total. The molecule has 0 saturated heterocycles. The summed E-state index contributed by atoms with van der Waals surface area (Å²) in [6.45, 7) is -0.347. The standard InChI is InChI=1S/C21H16N2O3/c22-12-13-23(17-7-2-1-3-8-17)21(25)15-26-20-11-10-16-6-4-5-9-18(16)19(20)14-24/h1-11,14H,13,15H2. The fourth-order valence-electron chi connectivity index (χ4n) is 2.74. The SMILES string of the molecule is N#CCN(C(=O)COc1ccc2ccccc2c1C=O)c1ccccc1. The highest BCUT2D eigenvalue weighted by Gasteiger charge is 2.17. The van der Waals surface area contributed by atoms with Crippen LogP contribution in [-0.2, 0) is 4.79 Å². The molecular weight excluding hydrogens is 328 g/mol. The third-order valence-corrected chi connectivity index (χ3v) is 4.00. The van der Waals surface area contributed by atoms with E-state index in [4.69, 9.17) is 10.00 Å². The molecule has 128 valence electrons. The van der Waals surface area contributed by atoms with Gasteiger partial charge < -0.3 is 4.74 Å². The number of hydrogen-bond donors (Lipinski definition) is 0. The Hall–Kier alpha value is -3.65. The van der Waals surface area contributed by atoms with Crippen molar-refractivity contribution in [3.05, 3.63) is 72.3 Å². The lowest BCUT2D eigenvalue weighted by molar-refractivity contribution is -0.120. The highest BCUT2D eigenvalue weighted by Crippen LogP contribution is 2.26. The number of amides is 1. The Kier molecular flexibility index (Phi) is 5.25. The first-order valence-electron chi connectivity index (χ1n) is 8.06. The van der Waals surface area contributed by atoms with E-state index in [0.29, 0.717) is 17.0 Å². The molecule has 3 aromatic carbocycles. The van der Waals surface area contributed by atoms with Gasteiger partial charge >= 0.3 is 0 Å². The van der Waals surface area contributed by atoms with Crippen molar-refractivity contribution in [2.75, 3.05) is 18.1 Å². The Labute approximate surface area is 151 Å². The molecule has 0 aliphatic heterocycles. The lowest BCUT2D eigenvalue weighted by atomic mass is 10.0. The summed E-state index contributed by atoms with van der Waals surface area (Å²) < 4.78 is 5.61. The van der Waals surface area contributed by atoms with Gasteiger partial charge in [-0.2, -0.15) is 5.26 Å². The van der Waals surface area contributed by atoms with Crippen molar-refractivity contribution in [3.63, 3.8) is 0 Å². The summed E-state index contributed by atoms with van der Waals surface area (Å²) in [7, 11) is 0. The van der Waals surface area contributed by atoms with E-state index in [1.54, 1.807) is 30.3 Å². The number of nitrogens with zero attached hydrogens (tertiary/aromatic N) is 2. The predicted octanol–water partition coefficient (Wildman–Crippen LogP) is 3.59. The number of benzene rings is 3. The number of carbonyl (C=O) groups excluding carboxylic acids is 2. The molecule has 5 heteroatoms. The number of anilines is 1. The number of carbonyl (C=O) groups is 2. The van der Waals surface area contributed by atoms with Crippen LogP contribution in [0.3, 0.4) is 0 Å². The molecule has 0 aliphatic carbocycles. The van der Waals surface area contributed by atoms with E-state index >= 15 is 0 Å². The van der Waals surface area contributed by atoms with E-state index < -0.39 is 0 Å². The van der Waals surface area contributed by atoms with Crippen molar-refractivity contribution in [1.82, 2.24) is 0 Å². The number of rotatable bonds is 6. The average molecular weight is 344 g/mol. The number of nitriles is 1. The summed E-state index contributed by atoms with van der Waals surface area (Å²) in [5.74, 6) is -0.0141. The zero-order valence-electron chi connectivity index (χ0n) is 14.0. The quantitative estimate of drug-likeness (QED) is 0.506. The zero-order valence-corrected chi connectivity index (χ0v) is 14.0. The average Bonchev–Trinajstić information content (AvgIpc) is 2.70. The van der Waals surface area contributed by atoms with Gasteiger partial charge in [0.2, 0.25) is 0 Å². The second kappa shape index (κ2) is 7.95. The van der Waals surface area contributed by atoms with Gasteiger partial charge in [-0.05, 0) is 29.0 Å². The maximum Gasteiger partial charge on any atom is 0.265 e. The second-order valence-corrected chi connectivity index (χ2v) is 5.58. The van der Waals surface area contributed by atoms with Crippen LogP contribution in [0.2, 0.25) is 0 Å². The Morgan fingerprint density at radius 1 is 1.04 bits per heavy atom. The minimum Gasteiger partial charge on any atom is -0.483 e. The first-order valence-corrected chi connectivity index (χ1v) is 8.06. The molecule has 26 heavy (non-hydrogen) atoms. The fourth-order valence-corrected chi connectivity index (χ4v) is 2.74. The molecule has 0 atom stereocenters. The molecule has 5 nitrogen and oxygen atoms in total. The van der Waals surface area contributed by atoms with Gasteiger partial charge in [0, 0.05) is 5.69 Å². The molecule has 1 amide bonds. The second-order valence-electron chi connectivity index (χ2n) is 5.58. The Bertz CT molecular complexity index is 977.